The second kappa shape index (κ2) is 3.91. The Kier molecular flexibility index (Phi) is 2.69. The Hall–Kier alpha value is -1.78. The SMILES string of the molecule is COC(=O)c1ccc(C2(CC(=O)O)CC2)n1C. The minimum absolute atomic E-state index is 0.117. The Labute approximate surface area is 99.0 Å². The summed E-state index contributed by atoms with van der Waals surface area (Å²) < 4.78 is 6.41. The molecule has 1 aliphatic carbocycles. The molecule has 0 saturated heterocycles. The normalized spacial score (nSPS) is 16.6. The number of hydrogen-bond acceptors (Lipinski definition) is 3. The summed E-state index contributed by atoms with van der Waals surface area (Å²) in [4.78, 5) is 22.3. The van der Waals surface area contributed by atoms with Crippen molar-refractivity contribution in [3.05, 3.63) is 23.5 Å². The summed E-state index contributed by atoms with van der Waals surface area (Å²) in [5.41, 5.74) is 1.08. The second-order valence-corrected chi connectivity index (χ2v) is 4.51. The van der Waals surface area contributed by atoms with Crippen LogP contribution in [-0.2, 0) is 22.0 Å². The summed E-state index contributed by atoms with van der Waals surface area (Å²) in [7, 11) is 3.10. The number of aromatic nitrogens is 1. The van der Waals surface area contributed by atoms with E-state index in [4.69, 9.17) is 5.11 Å². The lowest BCUT2D eigenvalue weighted by atomic mass is 9.98. The van der Waals surface area contributed by atoms with Crippen molar-refractivity contribution in [2.45, 2.75) is 24.7 Å². The summed E-state index contributed by atoms with van der Waals surface area (Å²) in [6.07, 6.45) is 1.83. The maximum Gasteiger partial charge on any atom is 0.354 e. The van der Waals surface area contributed by atoms with Gasteiger partial charge in [-0.1, -0.05) is 0 Å². The first-order chi connectivity index (χ1) is 8.00. The lowest BCUT2D eigenvalue weighted by Crippen LogP contribution is -2.18. The molecule has 0 bridgehead atoms. The van der Waals surface area contributed by atoms with Gasteiger partial charge in [0, 0.05) is 18.2 Å². The van der Waals surface area contributed by atoms with Crippen LogP contribution in [0.15, 0.2) is 12.1 Å². The fourth-order valence-corrected chi connectivity index (χ4v) is 2.32. The van der Waals surface area contributed by atoms with Crippen molar-refractivity contribution in [1.29, 1.82) is 0 Å². The Morgan fingerprint density at radius 1 is 1.47 bits per heavy atom. The van der Waals surface area contributed by atoms with Gasteiger partial charge >= 0.3 is 11.9 Å². The van der Waals surface area contributed by atoms with Crippen LogP contribution in [-0.4, -0.2) is 28.7 Å². The molecule has 1 aliphatic rings. The minimum Gasteiger partial charge on any atom is -0.481 e. The predicted molar refractivity (Wildman–Crippen MR) is 59.9 cm³/mol. The van der Waals surface area contributed by atoms with Gasteiger partial charge < -0.3 is 14.4 Å². The van der Waals surface area contributed by atoms with Gasteiger partial charge in [-0.2, -0.15) is 0 Å². The smallest absolute Gasteiger partial charge is 0.354 e. The van der Waals surface area contributed by atoms with Crippen molar-refractivity contribution >= 4 is 11.9 Å². The molecule has 0 unspecified atom stereocenters. The summed E-state index contributed by atoms with van der Waals surface area (Å²) in [6.45, 7) is 0. The van der Waals surface area contributed by atoms with Gasteiger partial charge in [0.2, 0.25) is 0 Å². The van der Waals surface area contributed by atoms with Gasteiger partial charge in [0.15, 0.2) is 0 Å². The molecular weight excluding hydrogens is 222 g/mol. The average Bonchev–Trinajstić information content (AvgIpc) is 2.92. The largest absolute Gasteiger partial charge is 0.481 e. The number of carboxylic acids is 1. The van der Waals surface area contributed by atoms with Gasteiger partial charge in [-0.15, -0.1) is 0 Å². The maximum absolute atomic E-state index is 11.5. The van der Waals surface area contributed by atoms with Crippen molar-refractivity contribution in [2.24, 2.45) is 7.05 Å². The minimum atomic E-state index is -0.802. The molecule has 0 amide bonds. The van der Waals surface area contributed by atoms with Crippen LogP contribution in [0.3, 0.4) is 0 Å². The predicted octanol–water partition coefficient (Wildman–Crippen LogP) is 1.32. The van der Waals surface area contributed by atoms with E-state index in [-0.39, 0.29) is 11.8 Å². The first kappa shape index (κ1) is 11.7. The molecule has 1 saturated carbocycles. The van der Waals surface area contributed by atoms with E-state index < -0.39 is 11.9 Å². The molecule has 5 heteroatoms. The number of hydrogen-bond donors (Lipinski definition) is 1. The zero-order chi connectivity index (χ0) is 12.6. The van der Waals surface area contributed by atoms with E-state index in [1.807, 2.05) is 6.07 Å². The van der Waals surface area contributed by atoms with Gasteiger partial charge in [0.25, 0.3) is 0 Å². The molecule has 0 spiro atoms. The molecular formula is C12H15NO4. The van der Waals surface area contributed by atoms with E-state index in [1.54, 1.807) is 17.7 Å². The van der Waals surface area contributed by atoms with E-state index in [2.05, 4.69) is 4.74 Å². The molecule has 0 aliphatic heterocycles. The number of methoxy groups -OCH3 is 1. The number of carbonyl (C=O) groups excluding carboxylic acids is 1. The van der Waals surface area contributed by atoms with Crippen molar-refractivity contribution in [3.8, 4) is 0 Å². The van der Waals surface area contributed by atoms with Gasteiger partial charge in [-0.3, -0.25) is 4.79 Å². The fraction of sp³-hybridized carbons (Fsp3) is 0.500. The first-order valence-corrected chi connectivity index (χ1v) is 5.46. The molecule has 1 aromatic heterocycles. The van der Waals surface area contributed by atoms with Crippen molar-refractivity contribution in [2.75, 3.05) is 7.11 Å². The Morgan fingerprint density at radius 3 is 2.59 bits per heavy atom. The number of carboxylic acid groups (broad SMARTS) is 1. The number of nitrogens with zero attached hydrogens (tertiary/aromatic N) is 1. The maximum atomic E-state index is 11.5. The van der Waals surface area contributed by atoms with Gasteiger partial charge in [-0.25, -0.2) is 4.79 Å². The fourth-order valence-electron chi connectivity index (χ4n) is 2.32. The molecule has 1 N–H and O–H groups in total. The van der Waals surface area contributed by atoms with Gasteiger partial charge in [0.05, 0.1) is 13.5 Å². The number of carbonyl (C=O) groups is 2. The van der Waals surface area contributed by atoms with Crippen LogP contribution < -0.4 is 0 Å². The Bertz CT molecular complexity index is 471. The molecule has 1 heterocycles. The molecule has 0 atom stereocenters. The van der Waals surface area contributed by atoms with Gasteiger partial charge in [0.1, 0.15) is 5.69 Å². The van der Waals surface area contributed by atoms with Crippen LogP contribution >= 0.6 is 0 Å². The third-order valence-corrected chi connectivity index (χ3v) is 3.40. The van der Waals surface area contributed by atoms with Crippen molar-refractivity contribution < 1.29 is 19.4 Å². The first-order valence-electron chi connectivity index (χ1n) is 5.46. The highest BCUT2D eigenvalue weighted by atomic mass is 16.5. The summed E-state index contributed by atoms with van der Waals surface area (Å²) in [5, 5.41) is 8.90. The lowest BCUT2D eigenvalue weighted by Gasteiger charge is -2.15. The summed E-state index contributed by atoms with van der Waals surface area (Å²) >= 11 is 0. The van der Waals surface area contributed by atoms with Crippen LogP contribution in [0.1, 0.15) is 35.4 Å². The van der Waals surface area contributed by atoms with Gasteiger partial charge in [-0.05, 0) is 25.0 Å². The topological polar surface area (TPSA) is 68.5 Å². The third kappa shape index (κ3) is 1.92. The van der Waals surface area contributed by atoms with E-state index in [9.17, 15) is 9.59 Å². The van der Waals surface area contributed by atoms with E-state index in [1.165, 1.54) is 7.11 Å². The number of aliphatic carboxylic acids is 1. The van der Waals surface area contributed by atoms with Crippen LogP contribution in [0.25, 0.3) is 0 Å². The third-order valence-electron chi connectivity index (χ3n) is 3.40. The molecule has 5 nitrogen and oxygen atoms in total. The highest BCUT2D eigenvalue weighted by Gasteiger charge is 2.48. The molecule has 17 heavy (non-hydrogen) atoms. The van der Waals surface area contributed by atoms with E-state index in [0.29, 0.717) is 5.69 Å². The van der Waals surface area contributed by atoms with E-state index >= 15 is 0 Å². The summed E-state index contributed by atoms with van der Waals surface area (Å²) in [5.74, 6) is -1.20. The second-order valence-electron chi connectivity index (χ2n) is 4.51. The molecule has 1 aromatic rings. The number of rotatable bonds is 4. The van der Waals surface area contributed by atoms with E-state index in [0.717, 1.165) is 18.5 Å². The van der Waals surface area contributed by atoms with Crippen molar-refractivity contribution in [3.63, 3.8) is 0 Å². The summed E-state index contributed by atoms with van der Waals surface area (Å²) in [6, 6.07) is 3.51. The zero-order valence-corrected chi connectivity index (χ0v) is 9.90. The Morgan fingerprint density at radius 2 is 2.12 bits per heavy atom. The quantitative estimate of drug-likeness (QED) is 0.802. The molecule has 1 fully saturated rings. The van der Waals surface area contributed by atoms with Crippen LogP contribution in [0.2, 0.25) is 0 Å². The average molecular weight is 237 g/mol. The lowest BCUT2D eigenvalue weighted by molar-refractivity contribution is -0.137. The number of ether oxygens (including phenoxy) is 1. The van der Waals surface area contributed by atoms with Crippen LogP contribution in [0.5, 0.6) is 0 Å². The molecule has 0 aromatic carbocycles. The molecule has 2 rings (SSSR count). The standard InChI is InChI=1S/C12H15NO4/c1-13-8(11(16)17-2)3-4-9(13)12(5-6-12)7-10(14)15/h3-4H,5-7H2,1-2H3,(H,14,15). The van der Waals surface area contributed by atoms with Crippen molar-refractivity contribution in [1.82, 2.24) is 4.57 Å². The van der Waals surface area contributed by atoms with Crippen LogP contribution in [0.4, 0.5) is 0 Å². The molecule has 92 valence electrons. The number of esters is 1. The zero-order valence-electron chi connectivity index (χ0n) is 9.90. The van der Waals surface area contributed by atoms with Crippen LogP contribution in [0, 0.1) is 0 Å². The monoisotopic (exact) mass is 237 g/mol. The highest BCUT2D eigenvalue weighted by Crippen LogP contribution is 2.51. The Balaban J connectivity index is 2.32. The highest BCUT2D eigenvalue weighted by molar-refractivity contribution is 5.88. The molecule has 0 radical (unpaired) electrons.